The zero-order valence-electron chi connectivity index (χ0n) is 16.9. The highest BCUT2D eigenvalue weighted by molar-refractivity contribution is 5.91. The quantitative estimate of drug-likeness (QED) is 0.645. The summed E-state index contributed by atoms with van der Waals surface area (Å²) in [5.41, 5.74) is 1.04. The summed E-state index contributed by atoms with van der Waals surface area (Å²) < 4.78 is 25.4. The van der Waals surface area contributed by atoms with E-state index in [-0.39, 0.29) is 17.9 Å². The Kier molecular flexibility index (Phi) is 6.46. The molecule has 0 fully saturated rings. The molecule has 0 aliphatic heterocycles. The summed E-state index contributed by atoms with van der Waals surface area (Å²) >= 11 is 0. The summed E-state index contributed by atoms with van der Waals surface area (Å²) in [6.45, 7) is 1.57. The van der Waals surface area contributed by atoms with Gasteiger partial charge in [0.2, 0.25) is 5.91 Å². The number of nitrogens with one attached hydrogen (secondary N) is 1. The van der Waals surface area contributed by atoms with Crippen LogP contribution in [0.1, 0.15) is 12.6 Å². The number of nitrogens with zero attached hydrogens (tertiary/aromatic N) is 2. The number of hydrogen-bond acceptors (Lipinski definition) is 5. The molecular formula is C22H22FN3O4. The zero-order valence-corrected chi connectivity index (χ0v) is 16.9. The highest BCUT2D eigenvalue weighted by Crippen LogP contribution is 2.26. The van der Waals surface area contributed by atoms with Crippen molar-refractivity contribution < 1.29 is 18.7 Å². The van der Waals surface area contributed by atoms with E-state index >= 15 is 0 Å². The molecule has 1 amide bonds. The van der Waals surface area contributed by atoms with E-state index in [1.54, 1.807) is 24.3 Å². The lowest BCUT2D eigenvalue weighted by atomic mass is 10.2. The maximum absolute atomic E-state index is 13.7. The van der Waals surface area contributed by atoms with Gasteiger partial charge in [0.05, 0.1) is 14.2 Å². The Balaban J connectivity index is 1.94. The largest absolute Gasteiger partial charge is 0.497 e. The van der Waals surface area contributed by atoms with Crippen LogP contribution in [0.4, 0.5) is 10.1 Å². The molecule has 1 heterocycles. The first-order chi connectivity index (χ1) is 14.4. The minimum atomic E-state index is -0.455. The summed E-state index contributed by atoms with van der Waals surface area (Å²) in [5.74, 6) is 0.351. The van der Waals surface area contributed by atoms with Crippen LogP contribution in [0.2, 0.25) is 0 Å². The van der Waals surface area contributed by atoms with Crippen LogP contribution < -0.4 is 20.3 Å². The third-order valence-electron chi connectivity index (χ3n) is 4.44. The number of carbonyl (C=O) groups excluding carboxylic acids is 1. The highest BCUT2D eigenvalue weighted by Gasteiger charge is 2.15. The van der Waals surface area contributed by atoms with Crippen LogP contribution in [0.5, 0.6) is 11.5 Å². The molecule has 0 unspecified atom stereocenters. The van der Waals surface area contributed by atoms with Gasteiger partial charge < -0.3 is 14.8 Å². The van der Waals surface area contributed by atoms with E-state index in [9.17, 15) is 14.0 Å². The number of hydrogen-bond donors (Lipinski definition) is 1. The summed E-state index contributed by atoms with van der Waals surface area (Å²) in [6.07, 6.45) is 0.536. The number of aromatic nitrogens is 2. The van der Waals surface area contributed by atoms with Crippen LogP contribution in [0, 0.1) is 5.82 Å². The molecule has 3 rings (SSSR count). The van der Waals surface area contributed by atoms with E-state index in [1.165, 1.54) is 43.1 Å². The first-order valence-corrected chi connectivity index (χ1v) is 9.33. The van der Waals surface area contributed by atoms with E-state index in [0.29, 0.717) is 34.9 Å². The second kappa shape index (κ2) is 9.21. The number of aryl methyl sites for hydroxylation is 1. The Morgan fingerprint density at radius 3 is 2.40 bits per heavy atom. The molecule has 0 atom stereocenters. The third kappa shape index (κ3) is 4.83. The van der Waals surface area contributed by atoms with Crippen molar-refractivity contribution in [3.8, 4) is 22.9 Å². The Morgan fingerprint density at radius 2 is 1.80 bits per heavy atom. The first kappa shape index (κ1) is 21.0. The van der Waals surface area contributed by atoms with Crippen LogP contribution in [0.25, 0.3) is 11.4 Å². The molecule has 1 aromatic heterocycles. The number of halogens is 1. The van der Waals surface area contributed by atoms with Gasteiger partial charge in [-0.25, -0.2) is 9.37 Å². The van der Waals surface area contributed by atoms with Crippen LogP contribution in [0.15, 0.2) is 53.3 Å². The van der Waals surface area contributed by atoms with Gasteiger partial charge in [-0.2, -0.15) is 0 Å². The van der Waals surface area contributed by atoms with Crippen LogP contribution >= 0.6 is 0 Å². The average Bonchev–Trinajstić information content (AvgIpc) is 2.74. The van der Waals surface area contributed by atoms with Crippen LogP contribution in [-0.4, -0.2) is 29.7 Å². The topological polar surface area (TPSA) is 82.5 Å². The van der Waals surface area contributed by atoms with E-state index in [4.69, 9.17) is 9.47 Å². The predicted molar refractivity (Wildman–Crippen MR) is 111 cm³/mol. The number of ether oxygens (including phenoxy) is 2. The van der Waals surface area contributed by atoms with Gasteiger partial charge in [-0.1, -0.05) is 19.1 Å². The fourth-order valence-electron chi connectivity index (χ4n) is 2.96. The maximum atomic E-state index is 13.7. The summed E-state index contributed by atoms with van der Waals surface area (Å²) in [7, 11) is 3.01. The average molecular weight is 411 g/mol. The standard InChI is InChI=1S/C22H22FN3O4/c1-4-16-11-21(28)26(22(25-16)14-6-5-7-15(23)8-14)13-20(27)24-17-9-18(29-2)12-19(10-17)30-3/h5-12H,4,13H2,1-3H3,(H,24,27). The smallest absolute Gasteiger partial charge is 0.254 e. The van der Waals surface area contributed by atoms with Gasteiger partial charge in [-0.3, -0.25) is 14.2 Å². The van der Waals surface area contributed by atoms with Gasteiger partial charge in [-0.15, -0.1) is 0 Å². The van der Waals surface area contributed by atoms with E-state index < -0.39 is 11.7 Å². The van der Waals surface area contributed by atoms with Crippen molar-refractivity contribution in [1.82, 2.24) is 9.55 Å². The van der Waals surface area contributed by atoms with Crippen molar-refractivity contribution in [3.05, 3.63) is 70.4 Å². The molecule has 0 bridgehead atoms. The lowest BCUT2D eigenvalue weighted by molar-refractivity contribution is -0.116. The normalized spacial score (nSPS) is 10.5. The molecule has 156 valence electrons. The predicted octanol–water partition coefficient (Wildman–Crippen LogP) is 3.27. The van der Waals surface area contributed by atoms with E-state index in [2.05, 4.69) is 10.3 Å². The van der Waals surface area contributed by atoms with Crippen molar-refractivity contribution >= 4 is 11.6 Å². The molecule has 0 radical (unpaired) electrons. The molecule has 0 aliphatic carbocycles. The Bertz CT molecular complexity index is 1110. The molecule has 30 heavy (non-hydrogen) atoms. The van der Waals surface area contributed by atoms with Gasteiger partial charge in [0.25, 0.3) is 5.56 Å². The number of methoxy groups -OCH3 is 2. The monoisotopic (exact) mass is 411 g/mol. The van der Waals surface area contributed by atoms with Crippen molar-refractivity contribution in [2.45, 2.75) is 19.9 Å². The zero-order chi connectivity index (χ0) is 21.7. The van der Waals surface area contributed by atoms with E-state index in [0.717, 1.165) is 0 Å². The summed E-state index contributed by atoms with van der Waals surface area (Å²) in [4.78, 5) is 29.8. The molecule has 2 aromatic carbocycles. The molecule has 8 heteroatoms. The lowest BCUT2D eigenvalue weighted by Gasteiger charge is -2.14. The van der Waals surface area contributed by atoms with Crippen molar-refractivity contribution in [2.24, 2.45) is 0 Å². The van der Waals surface area contributed by atoms with E-state index in [1.807, 2.05) is 6.92 Å². The minimum Gasteiger partial charge on any atom is -0.497 e. The molecule has 0 aliphatic rings. The number of benzene rings is 2. The summed E-state index contributed by atoms with van der Waals surface area (Å²) in [5, 5.41) is 2.73. The second-order valence-corrected chi connectivity index (χ2v) is 6.51. The highest BCUT2D eigenvalue weighted by atomic mass is 19.1. The fraction of sp³-hybridized carbons (Fsp3) is 0.227. The molecule has 0 saturated heterocycles. The lowest BCUT2D eigenvalue weighted by Crippen LogP contribution is -2.30. The van der Waals surface area contributed by atoms with Crippen molar-refractivity contribution in [2.75, 3.05) is 19.5 Å². The number of carbonyl (C=O) groups is 1. The number of amides is 1. The van der Waals surface area contributed by atoms with Crippen molar-refractivity contribution in [3.63, 3.8) is 0 Å². The molecular weight excluding hydrogens is 389 g/mol. The summed E-state index contributed by atoms with van der Waals surface area (Å²) in [6, 6.07) is 12.1. The number of anilines is 1. The second-order valence-electron chi connectivity index (χ2n) is 6.51. The van der Waals surface area contributed by atoms with Gasteiger partial charge in [0.15, 0.2) is 0 Å². The Morgan fingerprint density at radius 1 is 1.10 bits per heavy atom. The molecule has 1 N–H and O–H groups in total. The Hall–Kier alpha value is -3.68. The molecule has 7 nitrogen and oxygen atoms in total. The first-order valence-electron chi connectivity index (χ1n) is 9.33. The number of rotatable bonds is 7. The van der Waals surface area contributed by atoms with Crippen molar-refractivity contribution in [1.29, 1.82) is 0 Å². The molecule has 0 spiro atoms. The SMILES string of the molecule is CCc1cc(=O)n(CC(=O)Nc2cc(OC)cc(OC)c2)c(-c2cccc(F)c2)n1. The van der Waals surface area contributed by atoms with Gasteiger partial charge >= 0.3 is 0 Å². The van der Waals surface area contributed by atoms with Gasteiger partial charge in [0.1, 0.15) is 29.7 Å². The van der Waals surface area contributed by atoms with Gasteiger partial charge in [-0.05, 0) is 18.6 Å². The van der Waals surface area contributed by atoms with Crippen LogP contribution in [-0.2, 0) is 17.8 Å². The minimum absolute atomic E-state index is 0.234. The van der Waals surface area contributed by atoms with Gasteiger partial charge in [0, 0.05) is 41.2 Å². The molecule has 0 saturated carbocycles. The molecule has 3 aromatic rings. The fourth-order valence-corrected chi connectivity index (χ4v) is 2.96. The van der Waals surface area contributed by atoms with Crippen LogP contribution in [0.3, 0.4) is 0 Å². The Labute approximate surface area is 173 Å². The third-order valence-corrected chi connectivity index (χ3v) is 4.44. The maximum Gasteiger partial charge on any atom is 0.254 e.